The molecule has 2 rings (SSSR count). The number of aryl methyl sites for hydroxylation is 1. The summed E-state index contributed by atoms with van der Waals surface area (Å²) in [4.78, 5) is 14.7. The minimum absolute atomic E-state index is 0.114. The van der Waals surface area contributed by atoms with Crippen LogP contribution in [0.5, 0.6) is 0 Å². The van der Waals surface area contributed by atoms with Crippen LogP contribution in [0.4, 0.5) is 19.0 Å². The molecular formula is C12H11F3N4O. The SMILES string of the molecule is Cc1n[nH]c(=O)nc1NCc1cccc(C(F)(F)F)c1. The minimum Gasteiger partial charge on any atom is -0.364 e. The zero-order chi connectivity index (χ0) is 14.8. The number of rotatable bonds is 3. The second-order valence-corrected chi connectivity index (χ2v) is 4.13. The zero-order valence-corrected chi connectivity index (χ0v) is 10.5. The fraction of sp³-hybridized carbons (Fsp3) is 0.250. The van der Waals surface area contributed by atoms with Gasteiger partial charge >= 0.3 is 11.9 Å². The highest BCUT2D eigenvalue weighted by Gasteiger charge is 2.30. The third kappa shape index (κ3) is 3.34. The van der Waals surface area contributed by atoms with Crippen LogP contribution in [-0.4, -0.2) is 15.2 Å². The number of hydrogen-bond acceptors (Lipinski definition) is 4. The van der Waals surface area contributed by atoms with Crippen molar-refractivity contribution in [3.63, 3.8) is 0 Å². The molecular weight excluding hydrogens is 273 g/mol. The van der Waals surface area contributed by atoms with Crippen molar-refractivity contribution in [1.82, 2.24) is 15.2 Å². The van der Waals surface area contributed by atoms with Crippen molar-refractivity contribution in [3.05, 3.63) is 51.6 Å². The van der Waals surface area contributed by atoms with Gasteiger partial charge in [-0.15, -0.1) is 0 Å². The first kappa shape index (κ1) is 14.0. The Morgan fingerprint density at radius 3 is 2.80 bits per heavy atom. The summed E-state index contributed by atoms with van der Waals surface area (Å²) >= 11 is 0. The molecule has 2 aromatic rings. The van der Waals surface area contributed by atoms with Gasteiger partial charge in [-0.25, -0.2) is 9.89 Å². The van der Waals surface area contributed by atoms with Gasteiger partial charge in [0.05, 0.1) is 5.56 Å². The number of aromatic amines is 1. The molecule has 0 saturated heterocycles. The number of anilines is 1. The van der Waals surface area contributed by atoms with E-state index < -0.39 is 17.4 Å². The number of aromatic nitrogens is 3. The maximum absolute atomic E-state index is 12.6. The number of benzene rings is 1. The highest BCUT2D eigenvalue weighted by molar-refractivity contribution is 5.39. The number of halogens is 3. The van der Waals surface area contributed by atoms with Gasteiger partial charge in [-0.05, 0) is 24.6 Å². The summed E-state index contributed by atoms with van der Waals surface area (Å²) in [6.45, 7) is 1.74. The number of alkyl halides is 3. The van der Waals surface area contributed by atoms with Crippen molar-refractivity contribution in [1.29, 1.82) is 0 Å². The van der Waals surface area contributed by atoms with E-state index in [-0.39, 0.29) is 12.4 Å². The Labute approximate surface area is 111 Å². The summed E-state index contributed by atoms with van der Waals surface area (Å²) in [6.07, 6.45) is -4.38. The molecule has 20 heavy (non-hydrogen) atoms. The smallest absolute Gasteiger partial charge is 0.364 e. The summed E-state index contributed by atoms with van der Waals surface area (Å²) in [7, 11) is 0. The van der Waals surface area contributed by atoms with E-state index in [1.807, 2.05) is 0 Å². The van der Waals surface area contributed by atoms with E-state index in [1.54, 1.807) is 13.0 Å². The first-order chi connectivity index (χ1) is 9.36. The summed E-state index contributed by atoms with van der Waals surface area (Å²) in [5.74, 6) is 0.242. The van der Waals surface area contributed by atoms with Crippen LogP contribution in [0.25, 0.3) is 0 Å². The van der Waals surface area contributed by atoms with Crippen LogP contribution in [0, 0.1) is 6.92 Å². The van der Waals surface area contributed by atoms with Crippen LogP contribution < -0.4 is 11.0 Å². The molecule has 0 aliphatic carbocycles. The van der Waals surface area contributed by atoms with E-state index in [2.05, 4.69) is 20.5 Å². The van der Waals surface area contributed by atoms with Crippen molar-refractivity contribution in [2.24, 2.45) is 0 Å². The molecule has 0 bridgehead atoms. The van der Waals surface area contributed by atoms with Crippen molar-refractivity contribution >= 4 is 5.82 Å². The summed E-state index contributed by atoms with van der Waals surface area (Å²) in [5, 5.41) is 8.65. The second kappa shape index (κ2) is 5.32. The molecule has 0 aliphatic heterocycles. The minimum atomic E-state index is -4.38. The van der Waals surface area contributed by atoms with Crippen LogP contribution in [0.3, 0.4) is 0 Å². The Kier molecular flexibility index (Phi) is 3.73. The molecule has 1 heterocycles. The Bertz CT molecular complexity index is 666. The van der Waals surface area contributed by atoms with E-state index in [0.29, 0.717) is 11.3 Å². The predicted octanol–water partition coefficient (Wildman–Crippen LogP) is 2.10. The molecule has 106 valence electrons. The Morgan fingerprint density at radius 1 is 1.35 bits per heavy atom. The molecule has 8 heteroatoms. The summed E-state index contributed by atoms with van der Waals surface area (Å²) < 4.78 is 37.7. The average molecular weight is 284 g/mol. The topological polar surface area (TPSA) is 70.7 Å². The van der Waals surface area contributed by atoms with Gasteiger partial charge in [-0.1, -0.05) is 12.1 Å². The first-order valence-electron chi connectivity index (χ1n) is 5.69. The van der Waals surface area contributed by atoms with E-state index in [0.717, 1.165) is 12.1 Å². The Hall–Kier alpha value is -2.38. The molecule has 0 unspecified atom stereocenters. The van der Waals surface area contributed by atoms with E-state index in [9.17, 15) is 18.0 Å². The van der Waals surface area contributed by atoms with Crippen molar-refractivity contribution in [2.75, 3.05) is 5.32 Å². The van der Waals surface area contributed by atoms with Crippen LogP contribution in [0.2, 0.25) is 0 Å². The summed E-state index contributed by atoms with van der Waals surface area (Å²) in [6, 6.07) is 4.93. The molecule has 0 spiro atoms. The molecule has 0 saturated carbocycles. The molecule has 0 radical (unpaired) electrons. The quantitative estimate of drug-likeness (QED) is 0.905. The highest BCUT2D eigenvalue weighted by Crippen LogP contribution is 2.29. The van der Waals surface area contributed by atoms with E-state index in [1.165, 1.54) is 6.07 Å². The summed E-state index contributed by atoms with van der Waals surface area (Å²) in [5.41, 5.74) is -0.453. The lowest BCUT2D eigenvalue weighted by molar-refractivity contribution is -0.137. The maximum atomic E-state index is 12.6. The van der Waals surface area contributed by atoms with Crippen LogP contribution in [-0.2, 0) is 12.7 Å². The lowest BCUT2D eigenvalue weighted by atomic mass is 10.1. The molecule has 1 aromatic heterocycles. The molecule has 2 N–H and O–H groups in total. The Morgan fingerprint density at radius 2 is 2.10 bits per heavy atom. The molecule has 0 aliphatic rings. The third-order valence-corrected chi connectivity index (χ3v) is 2.59. The van der Waals surface area contributed by atoms with Crippen molar-refractivity contribution in [2.45, 2.75) is 19.6 Å². The van der Waals surface area contributed by atoms with Crippen LogP contribution in [0.1, 0.15) is 16.8 Å². The van der Waals surface area contributed by atoms with Gasteiger partial charge < -0.3 is 5.32 Å². The maximum Gasteiger partial charge on any atom is 0.416 e. The van der Waals surface area contributed by atoms with Crippen LogP contribution >= 0.6 is 0 Å². The van der Waals surface area contributed by atoms with Gasteiger partial charge in [0.25, 0.3) is 0 Å². The van der Waals surface area contributed by atoms with Gasteiger partial charge in [0, 0.05) is 6.54 Å². The van der Waals surface area contributed by atoms with Gasteiger partial charge in [0.2, 0.25) is 0 Å². The standard InChI is InChI=1S/C12H11F3N4O/c1-7-10(17-11(20)19-18-7)16-6-8-3-2-4-9(5-8)12(13,14)15/h2-5H,6H2,1H3,(H2,16,17,19,20). The second-order valence-electron chi connectivity index (χ2n) is 4.13. The van der Waals surface area contributed by atoms with Crippen molar-refractivity contribution in [3.8, 4) is 0 Å². The number of nitrogens with one attached hydrogen (secondary N) is 2. The lowest BCUT2D eigenvalue weighted by Gasteiger charge is -2.10. The fourth-order valence-corrected chi connectivity index (χ4v) is 1.60. The van der Waals surface area contributed by atoms with Crippen molar-refractivity contribution < 1.29 is 13.2 Å². The van der Waals surface area contributed by atoms with Gasteiger partial charge in [0.1, 0.15) is 5.69 Å². The average Bonchev–Trinajstić information content (AvgIpc) is 2.39. The predicted molar refractivity (Wildman–Crippen MR) is 66.2 cm³/mol. The van der Waals surface area contributed by atoms with Crippen LogP contribution in [0.15, 0.2) is 29.1 Å². The zero-order valence-electron chi connectivity index (χ0n) is 10.5. The lowest BCUT2D eigenvalue weighted by Crippen LogP contribution is -2.17. The monoisotopic (exact) mass is 284 g/mol. The Balaban J connectivity index is 2.15. The number of nitrogens with zero attached hydrogens (tertiary/aromatic N) is 2. The highest BCUT2D eigenvalue weighted by atomic mass is 19.4. The first-order valence-corrected chi connectivity index (χ1v) is 5.69. The van der Waals surface area contributed by atoms with Gasteiger partial charge in [-0.3, -0.25) is 0 Å². The van der Waals surface area contributed by atoms with E-state index >= 15 is 0 Å². The molecule has 0 amide bonds. The van der Waals surface area contributed by atoms with Gasteiger partial charge in [0.15, 0.2) is 5.82 Å². The molecule has 5 nitrogen and oxygen atoms in total. The normalized spacial score (nSPS) is 11.4. The fourth-order valence-electron chi connectivity index (χ4n) is 1.60. The third-order valence-electron chi connectivity index (χ3n) is 2.59. The molecule has 0 atom stereocenters. The molecule has 1 aromatic carbocycles. The number of hydrogen-bond donors (Lipinski definition) is 2. The largest absolute Gasteiger partial charge is 0.416 e. The molecule has 0 fully saturated rings. The van der Waals surface area contributed by atoms with Gasteiger partial charge in [-0.2, -0.15) is 23.3 Å². The number of H-pyrrole nitrogens is 1. The van der Waals surface area contributed by atoms with E-state index in [4.69, 9.17) is 0 Å².